The van der Waals surface area contributed by atoms with E-state index in [1.165, 1.54) is 5.69 Å². The molecular weight excluding hydrogens is 176 g/mol. The van der Waals surface area contributed by atoms with Crippen molar-refractivity contribution < 1.29 is 5.11 Å². The van der Waals surface area contributed by atoms with Gasteiger partial charge in [0.25, 0.3) is 0 Å². The van der Waals surface area contributed by atoms with Crippen LogP contribution in [0.1, 0.15) is 31.7 Å². The summed E-state index contributed by atoms with van der Waals surface area (Å²) >= 11 is 0. The average Bonchev–Trinajstić information content (AvgIpc) is 2.55. The van der Waals surface area contributed by atoms with E-state index in [0.29, 0.717) is 5.92 Å². The summed E-state index contributed by atoms with van der Waals surface area (Å²) in [7, 11) is 1.98. The van der Waals surface area contributed by atoms with Gasteiger partial charge >= 0.3 is 0 Å². The lowest BCUT2D eigenvalue weighted by Gasteiger charge is -2.06. The number of rotatable bonds is 5. The third-order valence-corrected chi connectivity index (χ3v) is 2.59. The molecule has 1 N–H and O–H groups in total. The van der Waals surface area contributed by atoms with Crippen LogP contribution in [0.4, 0.5) is 0 Å². The summed E-state index contributed by atoms with van der Waals surface area (Å²) < 4.78 is 1.95. The number of aliphatic hydroxyl groups excluding tert-OH is 1. The first-order valence-electron chi connectivity index (χ1n) is 5.30. The molecule has 0 aliphatic heterocycles. The fourth-order valence-electron chi connectivity index (χ4n) is 1.46. The Bertz CT molecular complexity index is 281. The maximum Gasteiger partial charge on any atom is 0.0624 e. The second-order valence-corrected chi connectivity index (χ2v) is 3.93. The van der Waals surface area contributed by atoms with Gasteiger partial charge in [0.15, 0.2) is 0 Å². The van der Waals surface area contributed by atoms with E-state index in [4.69, 9.17) is 5.11 Å². The Morgan fingerprint density at radius 2 is 2.29 bits per heavy atom. The summed E-state index contributed by atoms with van der Waals surface area (Å²) in [6, 6.07) is 2.16. The van der Waals surface area contributed by atoms with Crippen LogP contribution in [-0.4, -0.2) is 21.5 Å². The molecule has 0 saturated carbocycles. The van der Waals surface area contributed by atoms with E-state index >= 15 is 0 Å². The molecular formula is C11H20N2O. The number of nitrogens with zero attached hydrogens (tertiary/aromatic N) is 2. The van der Waals surface area contributed by atoms with Crippen LogP contribution < -0.4 is 0 Å². The highest BCUT2D eigenvalue weighted by atomic mass is 16.3. The van der Waals surface area contributed by atoms with Crippen LogP contribution in [-0.2, 0) is 19.9 Å². The van der Waals surface area contributed by atoms with E-state index in [2.05, 4.69) is 25.0 Å². The minimum absolute atomic E-state index is 0.276. The van der Waals surface area contributed by atoms with Crippen molar-refractivity contribution >= 4 is 0 Å². The van der Waals surface area contributed by atoms with Gasteiger partial charge in [0.05, 0.1) is 5.69 Å². The van der Waals surface area contributed by atoms with E-state index < -0.39 is 0 Å². The predicted molar refractivity (Wildman–Crippen MR) is 57.2 cm³/mol. The van der Waals surface area contributed by atoms with Crippen molar-refractivity contribution in [2.24, 2.45) is 13.0 Å². The summed E-state index contributed by atoms with van der Waals surface area (Å²) in [5.74, 6) is 0.384. The second-order valence-electron chi connectivity index (χ2n) is 3.93. The summed E-state index contributed by atoms with van der Waals surface area (Å²) in [6.45, 7) is 4.46. The molecule has 1 aromatic rings. The first-order chi connectivity index (χ1) is 6.67. The van der Waals surface area contributed by atoms with Crippen LogP contribution in [0, 0.1) is 5.92 Å². The number of aryl methyl sites for hydroxylation is 3. The van der Waals surface area contributed by atoms with Gasteiger partial charge in [-0.3, -0.25) is 4.68 Å². The third kappa shape index (κ3) is 2.84. The molecule has 1 rings (SSSR count). The van der Waals surface area contributed by atoms with Crippen molar-refractivity contribution in [3.8, 4) is 0 Å². The summed E-state index contributed by atoms with van der Waals surface area (Å²) in [5, 5.41) is 13.3. The standard InChI is InChI=1S/C11H20N2O/c1-4-10-7-11(13(3)12-10)6-5-9(2)8-14/h7,9,14H,4-6,8H2,1-3H3. The summed E-state index contributed by atoms with van der Waals surface area (Å²) in [5.41, 5.74) is 2.42. The third-order valence-electron chi connectivity index (χ3n) is 2.59. The zero-order valence-corrected chi connectivity index (χ0v) is 9.32. The Morgan fingerprint density at radius 3 is 2.79 bits per heavy atom. The van der Waals surface area contributed by atoms with E-state index in [1.54, 1.807) is 0 Å². The Kier molecular flexibility index (Phi) is 4.14. The molecule has 1 unspecified atom stereocenters. The van der Waals surface area contributed by atoms with Gasteiger partial charge in [-0.25, -0.2) is 0 Å². The van der Waals surface area contributed by atoms with Gasteiger partial charge in [-0.1, -0.05) is 13.8 Å². The Labute approximate surface area is 85.8 Å². The molecule has 14 heavy (non-hydrogen) atoms. The van der Waals surface area contributed by atoms with Gasteiger partial charge in [-0.2, -0.15) is 5.10 Å². The van der Waals surface area contributed by atoms with E-state index in [-0.39, 0.29) is 6.61 Å². The zero-order chi connectivity index (χ0) is 10.6. The summed E-state index contributed by atoms with van der Waals surface area (Å²) in [6.07, 6.45) is 3.02. The quantitative estimate of drug-likeness (QED) is 0.775. The van der Waals surface area contributed by atoms with Crippen molar-refractivity contribution in [2.75, 3.05) is 6.61 Å². The fraction of sp³-hybridized carbons (Fsp3) is 0.727. The molecule has 0 radical (unpaired) electrons. The van der Waals surface area contributed by atoms with Gasteiger partial charge < -0.3 is 5.11 Å². The SMILES string of the molecule is CCc1cc(CCC(C)CO)n(C)n1. The maximum absolute atomic E-state index is 8.91. The minimum Gasteiger partial charge on any atom is -0.396 e. The molecule has 3 nitrogen and oxygen atoms in total. The molecule has 1 heterocycles. The smallest absolute Gasteiger partial charge is 0.0624 e. The largest absolute Gasteiger partial charge is 0.396 e. The van der Waals surface area contributed by atoms with Crippen LogP contribution in [0.5, 0.6) is 0 Å². The summed E-state index contributed by atoms with van der Waals surface area (Å²) in [4.78, 5) is 0. The molecule has 0 amide bonds. The number of hydrogen-bond donors (Lipinski definition) is 1. The minimum atomic E-state index is 0.276. The molecule has 1 aromatic heterocycles. The first-order valence-corrected chi connectivity index (χ1v) is 5.30. The average molecular weight is 196 g/mol. The van der Waals surface area contributed by atoms with E-state index in [1.807, 2.05) is 11.7 Å². The highest BCUT2D eigenvalue weighted by molar-refractivity contribution is 5.10. The Balaban J connectivity index is 2.53. The van der Waals surface area contributed by atoms with E-state index in [0.717, 1.165) is 25.0 Å². The van der Waals surface area contributed by atoms with Gasteiger partial charge in [0.1, 0.15) is 0 Å². The molecule has 3 heteroatoms. The predicted octanol–water partition coefficient (Wildman–Crippen LogP) is 1.54. The van der Waals surface area contributed by atoms with Gasteiger partial charge in [0, 0.05) is 19.3 Å². The lowest BCUT2D eigenvalue weighted by Crippen LogP contribution is -2.05. The van der Waals surface area contributed by atoms with E-state index in [9.17, 15) is 0 Å². The normalized spacial score (nSPS) is 13.1. The lowest BCUT2D eigenvalue weighted by atomic mass is 10.1. The number of hydrogen-bond acceptors (Lipinski definition) is 2. The number of aromatic nitrogens is 2. The molecule has 0 saturated heterocycles. The highest BCUT2D eigenvalue weighted by Crippen LogP contribution is 2.10. The van der Waals surface area contributed by atoms with Gasteiger partial charge in [0.2, 0.25) is 0 Å². The fourth-order valence-corrected chi connectivity index (χ4v) is 1.46. The van der Waals surface area contributed by atoms with Crippen LogP contribution in [0.3, 0.4) is 0 Å². The van der Waals surface area contributed by atoms with Crippen molar-refractivity contribution in [2.45, 2.75) is 33.1 Å². The van der Waals surface area contributed by atoms with Crippen molar-refractivity contribution in [1.82, 2.24) is 9.78 Å². The first kappa shape index (κ1) is 11.2. The number of aliphatic hydroxyl groups is 1. The van der Waals surface area contributed by atoms with Gasteiger partial charge in [-0.05, 0) is 31.2 Å². The second kappa shape index (κ2) is 5.15. The van der Waals surface area contributed by atoms with Crippen molar-refractivity contribution in [3.05, 3.63) is 17.5 Å². The maximum atomic E-state index is 8.91. The zero-order valence-electron chi connectivity index (χ0n) is 9.32. The highest BCUT2D eigenvalue weighted by Gasteiger charge is 2.06. The van der Waals surface area contributed by atoms with Crippen LogP contribution in [0.2, 0.25) is 0 Å². The molecule has 1 atom stereocenters. The van der Waals surface area contributed by atoms with Gasteiger partial charge in [-0.15, -0.1) is 0 Å². The molecule has 0 spiro atoms. The Morgan fingerprint density at radius 1 is 1.57 bits per heavy atom. The lowest BCUT2D eigenvalue weighted by molar-refractivity contribution is 0.230. The van der Waals surface area contributed by atoms with Crippen molar-refractivity contribution in [1.29, 1.82) is 0 Å². The molecule has 0 aliphatic rings. The molecule has 0 aromatic carbocycles. The van der Waals surface area contributed by atoms with Crippen molar-refractivity contribution in [3.63, 3.8) is 0 Å². The monoisotopic (exact) mass is 196 g/mol. The topological polar surface area (TPSA) is 38.0 Å². The van der Waals surface area contributed by atoms with Crippen LogP contribution >= 0.6 is 0 Å². The molecule has 0 aliphatic carbocycles. The van der Waals surface area contributed by atoms with Crippen LogP contribution in [0.15, 0.2) is 6.07 Å². The molecule has 80 valence electrons. The Hall–Kier alpha value is -0.830. The van der Waals surface area contributed by atoms with Crippen LogP contribution in [0.25, 0.3) is 0 Å². The molecule has 0 bridgehead atoms. The molecule has 0 fully saturated rings.